The zero-order chi connectivity index (χ0) is 15.5. The third-order valence-electron chi connectivity index (χ3n) is 3.30. The molecular formula is C15H18N4OS2. The van der Waals surface area contributed by atoms with Gasteiger partial charge < -0.3 is 10.6 Å². The minimum atomic E-state index is 0.0755. The van der Waals surface area contributed by atoms with E-state index in [1.165, 1.54) is 34.2 Å². The molecule has 0 unspecified atom stereocenters. The summed E-state index contributed by atoms with van der Waals surface area (Å²) in [5.41, 5.74) is 3.44. The van der Waals surface area contributed by atoms with Gasteiger partial charge in [0.1, 0.15) is 0 Å². The number of hydrogen-bond donors (Lipinski definition) is 2. The van der Waals surface area contributed by atoms with Crippen LogP contribution < -0.4 is 10.6 Å². The lowest BCUT2D eigenvalue weighted by Gasteiger charge is -2.06. The van der Waals surface area contributed by atoms with Crippen LogP contribution in [-0.2, 0) is 4.79 Å². The van der Waals surface area contributed by atoms with Crippen LogP contribution in [0.15, 0.2) is 22.5 Å². The van der Waals surface area contributed by atoms with E-state index in [1.54, 1.807) is 0 Å². The fourth-order valence-electron chi connectivity index (χ4n) is 2.01. The molecule has 0 bridgehead atoms. The molecular weight excluding hydrogens is 316 g/mol. The number of rotatable bonds is 6. The van der Waals surface area contributed by atoms with E-state index in [-0.39, 0.29) is 5.91 Å². The first-order valence-electron chi connectivity index (χ1n) is 7.20. The molecule has 1 aromatic heterocycles. The van der Waals surface area contributed by atoms with E-state index >= 15 is 0 Å². The molecule has 0 aliphatic heterocycles. The average molecular weight is 334 g/mol. The van der Waals surface area contributed by atoms with Gasteiger partial charge in [-0.1, -0.05) is 40.8 Å². The molecule has 7 heteroatoms. The average Bonchev–Trinajstić information content (AvgIpc) is 3.17. The zero-order valence-electron chi connectivity index (χ0n) is 12.5. The van der Waals surface area contributed by atoms with Crippen LogP contribution in [0.1, 0.15) is 24.0 Å². The Labute approximate surface area is 137 Å². The Morgan fingerprint density at radius 2 is 2.18 bits per heavy atom. The van der Waals surface area contributed by atoms with Gasteiger partial charge in [0.05, 0.1) is 5.75 Å². The number of carbonyl (C=O) groups excluding carboxylic acids is 1. The number of aromatic nitrogens is 2. The van der Waals surface area contributed by atoms with Crippen LogP contribution in [0.4, 0.5) is 10.8 Å². The third kappa shape index (κ3) is 4.20. The van der Waals surface area contributed by atoms with E-state index in [1.807, 2.05) is 6.07 Å². The van der Waals surface area contributed by atoms with Crippen LogP contribution >= 0.6 is 23.1 Å². The van der Waals surface area contributed by atoms with E-state index < -0.39 is 0 Å². The van der Waals surface area contributed by atoms with E-state index in [0.29, 0.717) is 11.8 Å². The van der Waals surface area contributed by atoms with Crippen LogP contribution in [0, 0.1) is 13.8 Å². The number of aryl methyl sites for hydroxylation is 2. The maximum atomic E-state index is 11.7. The molecule has 0 spiro atoms. The summed E-state index contributed by atoms with van der Waals surface area (Å²) in [6.45, 7) is 4.14. The van der Waals surface area contributed by atoms with Crippen molar-refractivity contribution in [3.8, 4) is 0 Å². The highest BCUT2D eigenvalue weighted by Gasteiger charge is 2.23. The van der Waals surface area contributed by atoms with Gasteiger partial charge in [-0.05, 0) is 38.3 Å². The number of amides is 1. The Morgan fingerprint density at radius 1 is 1.36 bits per heavy atom. The van der Waals surface area contributed by atoms with Gasteiger partial charge in [0.2, 0.25) is 11.0 Å². The van der Waals surface area contributed by atoms with Crippen molar-refractivity contribution < 1.29 is 4.79 Å². The van der Waals surface area contributed by atoms with Crippen molar-refractivity contribution in [3.63, 3.8) is 0 Å². The number of nitrogens with zero attached hydrogens (tertiary/aromatic N) is 2. The number of hydrogen-bond acceptors (Lipinski definition) is 6. The normalized spacial score (nSPS) is 13.9. The lowest BCUT2D eigenvalue weighted by atomic mass is 10.1. The minimum Gasteiger partial charge on any atom is -0.353 e. The lowest BCUT2D eigenvalue weighted by Crippen LogP contribution is -2.26. The summed E-state index contributed by atoms with van der Waals surface area (Å²) in [6.07, 6.45) is 2.22. The number of benzene rings is 1. The van der Waals surface area contributed by atoms with Gasteiger partial charge in [-0.3, -0.25) is 4.79 Å². The highest BCUT2D eigenvalue weighted by molar-refractivity contribution is 8.01. The Hall–Kier alpha value is -1.60. The van der Waals surface area contributed by atoms with Gasteiger partial charge in [0, 0.05) is 11.7 Å². The summed E-state index contributed by atoms with van der Waals surface area (Å²) >= 11 is 2.90. The second-order valence-electron chi connectivity index (χ2n) is 5.45. The molecule has 1 heterocycles. The summed E-state index contributed by atoms with van der Waals surface area (Å²) in [5, 5.41) is 15.2. The first-order valence-corrected chi connectivity index (χ1v) is 9.00. The molecule has 22 heavy (non-hydrogen) atoms. The molecule has 2 aromatic rings. The smallest absolute Gasteiger partial charge is 0.230 e. The van der Waals surface area contributed by atoms with Crippen molar-refractivity contribution in [1.29, 1.82) is 0 Å². The summed E-state index contributed by atoms with van der Waals surface area (Å²) in [6, 6.07) is 6.64. The molecule has 0 saturated heterocycles. The van der Waals surface area contributed by atoms with E-state index in [4.69, 9.17) is 0 Å². The second-order valence-corrected chi connectivity index (χ2v) is 7.65. The van der Waals surface area contributed by atoms with Gasteiger partial charge in [-0.15, -0.1) is 10.2 Å². The second kappa shape index (κ2) is 6.66. The van der Waals surface area contributed by atoms with Crippen LogP contribution in [0.25, 0.3) is 0 Å². The Kier molecular flexibility index (Phi) is 4.63. The molecule has 5 nitrogen and oxygen atoms in total. The van der Waals surface area contributed by atoms with Crippen LogP contribution in [0.2, 0.25) is 0 Å². The van der Waals surface area contributed by atoms with Crippen molar-refractivity contribution in [1.82, 2.24) is 15.5 Å². The van der Waals surface area contributed by atoms with Crippen molar-refractivity contribution in [2.45, 2.75) is 37.1 Å². The summed E-state index contributed by atoms with van der Waals surface area (Å²) in [5.74, 6) is 0.473. The molecule has 1 aromatic carbocycles. The molecule has 116 valence electrons. The highest BCUT2D eigenvalue weighted by atomic mass is 32.2. The molecule has 0 radical (unpaired) electrons. The van der Waals surface area contributed by atoms with Gasteiger partial charge in [0.15, 0.2) is 4.34 Å². The van der Waals surface area contributed by atoms with Gasteiger partial charge in [-0.25, -0.2) is 0 Å². The first kappa shape index (κ1) is 15.3. The summed E-state index contributed by atoms with van der Waals surface area (Å²) < 4.78 is 0.804. The summed E-state index contributed by atoms with van der Waals surface area (Å²) in [4.78, 5) is 11.7. The van der Waals surface area contributed by atoms with Gasteiger partial charge in [-0.2, -0.15) is 0 Å². The standard InChI is InChI=1S/C15H18N4OS2/c1-9-3-6-12(10(2)7-9)17-14-18-19-15(22-14)21-8-13(20)16-11-4-5-11/h3,6-7,11H,4-5,8H2,1-2H3,(H,16,20)(H,17,18). The molecule has 1 fully saturated rings. The fraction of sp³-hybridized carbons (Fsp3) is 0.400. The fourth-order valence-corrected chi connectivity index (χ4v) is 3.59. The van der Waals surface area contributed by atoms with Crippen molar-refractivity contribution >= 4 is 39.8 Å². The van der Waals surface area contributed by atoms with E-state index in [0.717, 1.165) is 28.0 Å². The molecule has 0 atom stereocenters. The van der Waals surface area contributed by atoms with Crippen molar-refractivity contribution in [2.24, 2.45) is 0 Å². The monoisotopic (exact) mass is 334 g/mol. The van der Waals surface area contributed by atoms with Crippen LogP contribution in [0.5, 0.6) is 0 Å². The van der Waals surface area contributed by atoms with E-state index in [2.05, 4.69) is 46.8 Å². The number of thioether (sulfide) groups is 1. The largest absolute Gasteiger partial charge is 0.353 e. The number of carbonyl (C=O) groups is 1. The maximum Gasteiger partial charge on any atom is 0.230 e. The number of nitrogens with one attached hydrogen (secondary N) is 2. The van der Waals surface area contributed by atoms with Gasteiger partial charge >= 0.3 is 0 Å². The zero-order valence-corrected chi connectivity index (χ0v) is 14.2. The van der Waals surface area contributed by atoms with E-state index in [9.17, 15) is 4.79 Å². The van der Waals surface area contributed by atoms with Gasteiger partial charge in [0.25, 0.3) is 0 Å². The lowest BCUT2D eigenvalue weighted by molar-refractivity contribution is -0.118. The molecule has 1 aliphatic rings. The Morgan fingerprint density at radius 3 is 2.91 bits per heavy atom. The molecule has 1 aliphatic carbocycles. The third-order valence-corrected chi connectivity index (χ3v) is 5.27. The predicted octanol–water partition coefficient (Wildman–Crippen LogP) is 3.27. The Bertz CT molecular complexity index is 682. The SMILES string of the molecule is Cc1ccc(Nc2nnc(SCC(=O)NC3CC3)s2)c(C)c1. The van der Waals surface area contributed by atoms with Crippen molar-refractivity contribution in [3.05, 3.63) is 29.3 Å². The topological polar surface area (TPSA) is 66.9 Å². The van der Waals surface area contributed by atoms with Crippen LogP contribution in [0.3, 0.4) is 0 Å². The maximum absolute atomic E-state index is 11.7. The molecule has 3 rings (SSSR count). The Balaban J connectivity index is 1.55. The molecule has 1 saturated carbocycles. The van der Waals surface area contributed by atoms with Crippen molar-refractivity contribution in [2.75, 3.05) is 11.1 Å². The first-order chi connectivity index (χ1) is 10.6. The number of anilines is 2. The summed E-state index contributed by atoms with van der Waals surface area (Å²) in [7, 11) is 0. The predicted molar refractivity (Wildman–Crippen MR) is 91.0 cm³/mol. The molecule has 2 N–H and O–H groups in total. The molecule has 1 amide bonds. The minimum absolute atomic E-state index is 0.0755. The highest BCUT2D eigenvalue weighted by Crippen LogP contribution is 2.29. The quantitative estimate of drug-likeness (QED) is 0.794. The van der Waals surface area contributed by atoms with Crippen LogP contribution in [-0.4, -0.2) is 27.9 Å².